The fourth-order valence-corrected chi connectivity index (χ4v) is 9.31. The van der Waals surface area contributed by atoms with Gasteiger partial charge in [0.05, 0.1) is 29.0 Å². The van der Waals surface area contributed by atoms with Crippen molar-refractivity contribution >= 4 is 5.57 Å². The summed E-state index contributed by atoms with van der Waals surface area (Å²) >= 11 is 0. The third-order valence-electron chi connectivity index (χ3n) is 11.3. The monoisotopic (exact) mass is 753 g/mol. The van der Waals surface area contributed by atoms with Crippen molar-refractivity contribution < 1.29 is 46.4 Å². The van der Waals surface area contributed by atoms with Crippen LogP contribution >= 0.6 is 0 Å². The van der Waals surface area contributed by atoms with Crippen LogP contribution in [-0.4, -0.2) is 0 Å². The van der Waals surface area contributed by atoms with Gasteiger partial charge in [0.25, 0.3) is 0 Å². The molecule has 6 aromatic rings. The molecule has 0 amide bonds. The number of pyridine rings is 3. The van der Waals surface area contributed by atoms with E-state index in [0.29, 0.717) is 12.0 Å². The topological polar surface area (TPSA) is 59.2 Å². The Kier molecular flexibility index (Phi) is 7.72. The van der Waals surface area contributed by atoms with Crippen molar-refractivity contribution in [3.05, 3.63) is 215 Å². The molecule has 3 aliphatic heterocycles. The van der Waals surface area contributed by atoms with Crippen LogP contribution in [0.1, 0.15) is 40.1 Å². The summed E-state index contributed by atoms with van der Waals surface area (Å²) < 4.78 is 6.99. The fourth-order valence-electron chi connectivity index (χ4n) is 9.31. The van der Waals surface area contributed by atoms with E-state index in [9.17, 15) is 10.5 Å². The molecular weight excluding hydrogens is 723 g/mol. The van der Waals surface area contributed by atoms with Gasteiger partial charge in [0, 0.05) is 86.5 Å². The van der Waals surface area contributed by atoms with Crippen molar-refractivity contribution in [2.24, 2.45) is 0 Å². The molecule has 53 heavy (non-hydrogen) atoms. The van der Waals surface area contributed by atoms with Crippen molar-refractivity contribution in [3.8, 4) is 34.5 Å². The van der Waals surface area contributed by atoms with Crippen LogP contribution in [0.2, 0.25) is 0 Å². The van der Waals surface area contributed by atoms with Crippen molar-refractivity contribution in [1.82, 2.24) is 0 Å². The summed E-state index contributed by atoms with van der Waals surface area (Å²) in [5.41, 5.74) is 14.7. The first-order chi connectivity index (χ1) is 25.6. The number of hydrogen-bond donors (Lipinski definition) is 0. The maximum absolute atomic E-state index is 9.53. The Morgan fingerprint density at radius 1 is 0.679 bits per heavy atom. The molecule has 6 heteroatoms. The van der Waals surface area contributed by atoms with E-state index < -0.39 is 11.2 Å². The summed E-state index contributed by atoms with van der Waals surface area (Å²) in [6.07, 6.45) is 15.2. The summed E-state index contributed by atoms with van der Waals surface area (Å²) in [6.45, 7) is 6.06. The molecule has 2 unspecified atom stereocenters. The minimum absolute atomic E-state index is 0. The van der Waals surface area contributed by atoms with Crippen LogP contribution in [0.25, 0.3) is 28.0 Å². The second kappa shape index (κ2) is 12.4. The molecule has 5 aliphatic rings. The molecule has 0 fully saturated rings. The molecule has 245 valence electrons. The molecule has 6 heterocycles. The van der Waals surface area contributed by atoms with Gasteiger partial charge in [-0.1, -0.05) is 48.5 Å². The number of nitrogens with zero attached hydrogens (tertiary/aromatic N) is 5. The number of allylic oxidation sites excluding steroid dienone is 6. The van der Waals surface area contributed by atoms with E-state index >= 15 is 0 Å². The number of benzene rings is 3. The Balaban J connectivity index is 0.000000138. The smallest absolute Gasteiger partial charge is 0.360 e. The van der Waals surface area contributed by atoms with E-state index in [0.717, 1.165) is 34.4 Å². The molecule has 5 nitrogen and oxygen atoms in total. The van der Waals surface area contributed by atoms with Crippen LogP contribution in [0.15, 0.2) is 169 Å². The van der Waals surface area contributed by atoms with E-state index in [4.69, 9.17) is 6.58 Å². The van der Waals surface area contributed by atoms with Gasteiger partial charge in [0.2, 0.25) is 11.4 Å². The second-order valence-corrected chi connectivity index (χ2v) is 13.7. The SMILES string of the molecule is N#CC1=CC2=C(C1)c1cccc[n+]1C21c2ccccc2-c2cccc[n+]21.[CH-]=CC1=[C-]c2cccc[n+]2C12Cc1ccccc1-c1cc(C#N)ccc12.[Y]. The molecule has 2 atom stereocenters. The third kappa shape index (κ3) is 4.39. The molecule has 2 aliphatic carbocycles. The zero-order valence-electron chi connectivity index (χ0n) is 28.7. The maximum atomic E-state index is 9.53. The Labute approximate surface area is 334 Å². The Morgan fingerprint density at radius 3 is 2.13 bits per heavy atom. The van der Waals surface area contributed by atoms with Gasteiger partial charge in [-0.3, -0.25) is 0 Å². The first-order valence-corrected chi connectivity index (χ1v) is 17.4. The van der Waals surface area contributed by atoms with Gasteiger partial charge < -0.3 is 12.7 Å². The fraction of sp³-hybridized carbons (Fsp3) is 0.0851. The molecule has 0 N–H and O–H groups in total. The van der Waals surface area contributed by atoms with E-state index in [-0.39, 0.29) is 32.7 Å². The van der Waals surface area contributed by atoms with Crippen LogP contribution in [0.4, 0.5) is 0 Å². The maximum Gasteiger partial charge on any atom is 0.417 e. The summed E-state index contributed by atoms with van der Waals surface area (Å²) in [7, 11) is 0. The summed E-state index contributed by atoms with van der Waals surface area (Å²) in [6, 6.07) is 46.4. The van der Waals surface area contributed by atoms with E-state index in [1.54, 1.807) is 6.08 Å². The average molecular weight is 754 g/mol. The van der Waals surface area contributed by atoms with Gasteiger partial charge in [-0.2, -0.15) is 16.6 Å². The zero-order valence-corrected chi connectivity index (χ0v) is 31.6. The van der Waals surface area contributed by atoms with Gasteiger partial charge in [-0.25, -0.2) is 10.1 Å². The first-order valence-electron chi connectivity index (χ1n) is 17.4. The minimum atomic E-state index is -0.447. The van der Waals surface area contributed by atoms with Crippen LogP contribution in [0, 0.1) is 35.3 Å². The molecular formula is C47H30N5Y+. The predicted octanol–water partition coefficient (Wildman–Crippen LogP) is 7.00. The number of hydrogen-bond acceptors (Lipinski definition) is 2. The summed E-state index contributed by atoms with van der Waals surface area (Å²) in [4.78, 5) is 0. The molecule has 11 rings (SSSR count). The molecule has 2 spiro atoms. The normalized spacial score (nSPS) is 19.7. The van der Waals surface area contributed by atoms with Crippen molar-refractivity contribution in [1.29, 1.82) is 10.5 Å². The first kappa shape index (κ1) is 33.0. The van der Waals surface area contributed by atoms with Crippen molar-refractivity contribution in [2.45, 2.75) is 24.0 Å². The quantitative estimate of drug-likeness (QED) is 0.134. The minimum Gasteiger partial charge on any atom is -0.360 e. The van der Waals surface area contributed by atoms with E-state index in [2.05, 4.69) is 148 Å². The Morgan fingerprint density at radius 2 is 1.36 bits per heavy atom. The molecule has 1 radical (unpaired) electrons. The van der Waals surface area contributed by atoms with Crippen molar-refractivity contribution in [2.75, 3.05) is 0 Å². The van der Waals surface area contributed by atoms with E-state index in [1.165, 1.54) is 44.8 Å². The Bertz CT molecular complexity index is 2710. The molecule has 3 aromatic carbocycles. The number of aromatic nitrogens is 3. The van der Waals surface area contributed by atoms with Crippen LogP contribution < -0.4 is 13.7 Å². The van der Waals surface area contributed by atoms with Crippen LogP contribution in [0.3, 0.4) is 0 Å². The molecule has 0 saturated carbocycles. The number of fused-ring (bicyclic) bond motifs is 15. The van der Waals surface area contributed by atoms with Gasteiger partial charge in [0.15, 0.2) is 18.6 Å². The third-order valence-corrected chi connectivity index (χ3v) is 11.3. The van der Waals surface area contributed by atoms with Crippen LogP contribution in [-0.2, 0) is 50.3 Å². The van der Waals surface area contributed by atoms with Gasteiger partial charge in [-0.05, 0) is 65.2 Å². The van der Waals surface area contributed by atoms with Gasteiger partial charge >= 0.3 is 5.66 Å². The summed E-state index contributed by atoms with van der Waals surface area (Å²) in [5, 5.41) is 18.9. The van der Waals surface area contributed by atoms with Crippen LogP contribution in [0.5, 0.6) is 0 Å². The zero-order chi connectivity index (χ0) is 35.0. The standard InChI is InChI=1S/C24H15N2.C23H15N3.Y/c1-2-19-14-20-8-5-6-12-26(20)24(19)15-18-7-3-4-9-21(18)22-13-17(16-25)10-11-23(22)24;24-15-16-13-18-20(14-16)23(26-12-6-4-10-22(18)26)19-8-2-1-7-17(19)21-9-3-5-11-25(21)23;/h1-13H,15H2;1-12,14H,13H2;/q-1;+2;. The number of nitriles is 2. The summed E-state index contributed by atoms with van der Waals surface area (Å²) in [5.74, 6) is 0. The largest absolute Gasteiger partial charge is 0.417 e. The second-order valence-electron chi connectivity index (χ2n) is 13.7. The molecule has 0 saturated heterocycles. The number of rotatable bonds is 1. The molecule has 0 bridgehead atoms. The van der Waals surface area contributed by atoms with Crippen molar-refractivity contribution in [3.63, 3.8) is 0 Å². The van der Waals surface area contributed by atoms with Gasteiger partial charge in [0.1, 0.15) is 16.7 Å². The Hall–Kier alpha value is -5.85. The van der Waals surface area contributed by atoms with E-state index in [1.807, 2.05) is 30.3 Å². The van der Waals surface area contributed by atoms with Gasteiger partial charge in [-0.15, -0.1) is 15.2 Å². The average Bonchev–Trinajstić information content (AvgIpc) is 3.93. The predicted molar refractivity (Wildman–Crippen MR) is 195 cm³/mol. The molecule has 3 aromatic heterocycles.